The molecule has 0 spiro atoms. The molecule has 1 aliphatic heterocycles. The Morgan fingerprint density at radius 1 is 1.07 bits per heavy atom. The molecule has 2 amide bonds. The van der Waals surface area contributed by atoms with Gasteiger partial charge in [0.25, 0.3) is 5.91 Å². The predicted octanol–water partition coefficient (Wildman–Crippen LogP) is 2.76. The van der Waals surface area contributed by atoms with Gasteiger partial charge in [-0.1, -0.05) is 23.7 Å². The molecule has 1 unspecified atom stereocenters. The van der Waals surface area contributed by atoms with Crippen LogP contribution in [0.15, 0.2) is 48.5 Å². The van der Waals surface area contributed by atoms with E-state index in [-0.39, 0.29) is 34.4 Å². The average molecular weight is 427 g/mol. The van der Waals surface area contributed by atoms with Gasteiger partial charge >= 0.3 is 5.97 Å². The second kappa shape index (κ2) is 8.38. The topological polar surface area (TPSA) is 92.8 Å². The Bertz CT molecular complexity index is 1020. The van der Waals surface area contributed by atoms with Crippen LogP contribution >= 0.6 is 11.6 Å². The van der Waals surface area contributed by atoms with E-state index in [1.54, 1.807) is 24.3 Å². The largest absolute Gasteiger partial charge is 0.454 e. The van der Waals surface area contributed by atoms with E-state index in [4.69, 9.17) is 16.3 Å². The van der Waals surface area contributed by atoms with E-state index in [1.807, 2.05) is 0 Å². The first-order valence-corrected chi connectivity index (χ1v) is 9.99. The number of anilines is 1. The minimum Gasteiger partial charge on any atom is -0.454 e. The maximum absolute atomic E-state index is 12.5. The van der Waals surface area contributed by atoms with Crippen molar-refractivity contribution in [3.63, 3.8) is 0 Å². The molecular weight excluding hydrogens is 408 g/mol. The van der Waals surface area contributed by atoms with Gasteiger partial charge in [-0.3, -0.25) is 14.4 Å². The van der Waals surface area contributed by atoms with Gasteiger partial charge in [-0.2, -0.15) is 0 Å². The molecule has 4 rings (SSSR count). The van der Waals surface area contributed by atoms with Crippen molar-refractivity contribution in [3.8, 4) is 0 Å². The number of carbonyl (C=O) groups excluding carboxylic acids is 4. The summed E-state index contributed by atoms with van der Waals surface area (Å²) in [6, 6.07) is 12.3. The van der Waals surface area contributed by atoms with Crippen molar-refractivity contribution in [2.24, 2.45) is 0 Å². The monoisotopic (exact) mass is 426 g/mol. The minimum absolute atomic E-state index is 0.128. The number of hydrogen-bond donors (Lipinski definition) is 1. The summed E-state index contributed by atoms with van der Waals surface area (Å²) in [7, 11) is 0. The number of ketones is 1. The number of halogens is 1. The Balaban J connectivity index is 1.37. The number of nitrogens with one attached hydrogen (secondary N) is 1. The number of imide groups is 1. The molecule has 8 heteroatoms. The molecule has 1 saturated carbocycles. The third-order valence-corrected chi connectivity index (χ3v) is 5.36. The van der Waals surface area contributed by atoms with Crippen LogP contribution in [-0.4, -0.2) is 42.3 Å². The Labute approximate surface area is 177 Å². The fourth-order valence-corrected chi connectivity index (χ4v) is 3.54. The number of nitrogens with zero attached hydrogens (tertiary/aromatic N) is 1. The lowest BCUT2D eigenvalue weighted by Gasteiger charge is -2.16. The van der Waals surface area contributed by atoms with Gasteiger partial charge in [-0.05, 0) is 49.2 Å². The molecule has 7 nitrogen and oxygen atoms in total. The lowest BCUT2D eigenvalue weighted by molar-refractivity contribution is -0.121. The smallest absolute Gasteiger partial charge is 0.338 e. The van der Waals surface area contributed by atoms with Gasteiger partial charge in [-0.15, -0.1) is 0 Å². The molecule has 2 aromatic carbocycles. The van der Waals surface area contributed by atoms with Crippen LogP contribution in [0.2, 0.25) is 5.02 Å². The van der Waals surface area contributed by atoms with E-state index in [0.717, 1.165) is 17.7 Å². The summed E-state index contributed by atoms with van der Waals surface area (Å²) in [5.74, 6) is -1.66. The molecule has 2 aromatic rings. The van der Waals surface area contributed by atoms with Crippen LogP contribution in [-0.2, 0) is 14.3 Å². The molecule has 2 fully saturated rings. The lowest BCUT2D eigenvalue weighted by Crippen LogP contribution is -2.39. The Hall–Kier alpha value is -3.03. The SMILES string of the molecule is O=C(OCC(=O)c1ccccc1Cl)c1ccc(N2C(=O)CC(NC3CC3)C2=O)cc1. The first kappa shape index (κ1) is 20.3. The normalized spacial score (nSPS) is 18.6. The van der Waals surface area contributed by atoms with Gasteiger partial charge in [0.15, 0.2) is 6.61 Å². The van der Waals surface area contributed by atoms with Gasteiger partial charge in [0.05, 0.1) is 28.7 Å². The van der Waals surface area contributed by atoms with Gasteiger partial charge < -0.3 is 10.1 Å². The van der Waals surface area contributed by atoms with Crippen molar-refractivity contribution in [1.29, 1.82) is 0 Å². The number of rotatable bonds is 7. The van der Waals surface area contributed by atoms with Gasteiger partial charge in [0.2, 0.25) is 11.7 Å². The molecular formula is C22H19ClN2O5. The average Bonchev–Trinajstić information content (AvgIpc) is 3.51. The molecule has 30 heavy (non-hydrogen) atoms. The maximum atomic E-state index is 12.5. The second-order valence-electron chi connectivity index (χ2n) is 7.29. The molecule has 1 atom stereocenters. The lowest BCUT2D eigenvalue weighted by atomic mass is 10.1. The number of carbonyl (C=O) groups is 4. The zero-order valence-corrected chi connectivity index (χ0v) is 16.7. The van der Waals surface area contributed by atoms with E-state index in [9.17, 15) is 19.2 Å². The van der Waals surface area contributed by atoms with Crippen LogP contribution in [0.4, 0.5) is 5.69 Å². The van der Waals surface area contributed by atoms with Crippen molar-refractivity contribution >= 4 is 40.9 Å². The first-order valence-electron chi connectivity index (χ1n) is 9.62. The highest BCUT2D eigenvalue weighted by Gasteiger charge is 2.41. The second-order valence-corrected chi connectivity index (χ2v) is 7.70. The van der Waals surface area contributed by atoms with Crippen LogP contribution in [0.1, 0.15) is 40.0 Å². The van der Waals surface area contributed by atoms with E-state index >= 15 is 0 Å². The summed E-state index contributed by atoms with van der Waals surface area (Å²) in [5.41, 5.74) is 0.883. The maximum Gasteiger partial charge on any atom is 0.338 e. The quantitative estimate of drug-likeness (QED) is 0.416. The van der Waals surface area contributed by atoms with Crippen molar-refractivity contribution in [2.45, 2.75) is 31.3 Å². The Kier molecular flexibility index (Phi) is 5.65. The standard InChI is InChI=1S/C22H19ClN2O5/c23-17-4-2-1-3-16(17)19(26)12-30-22(29)13-5-9-15(10-6-13)25-20(27)11-18(21(25)28)24-14-7-8-14/h1-6,9-10,14,18,24H,7-8,11-12H2. The van der Waals surface area contributed by atoms with Crippen LogP contribution in [0, 0.1) is 0 Å². The van der Waals surface area contributed by atoms with E-state index in [2.05, 4.69) is 5.32 Å². The molecule has 1 heterocycles. The van der Waals surface area contributed by atoms with Crippen LogP contribution in [0.25, 0.3) is 0 Å². The zero-order chi connectivity index (χ0) is 21.3. The highest BCUT2D eigenvalue weighted by atomic mass is 35.5. The summed E-state index contributed by atoms with van der Waals surface area (Å²) in [6.07, 6.45) is 2.17. The first-order chi connectivity index (χ1) is 14.4. The fourth-order valence-electron chi connectivity index (χ4n) is 3.29. The summed E-state index contributed by atoms with van der Waals surface area (Å²) < 4.78 is 5.07. The third kappa shape index (κ3) is 4.27. The Morgan fingerprint density at radius 3 is 2.43 bits per heavy atom. The van der Waals surface area contributed by atoms with Crippen LogP contribution in [0.3, 0.4) is 0 Å². The van der Waals surface area contributed by atoms with E-state index in [0.29, 0.717) is 11.7 Å². The molecule has 1 N–H and O–H groups in total. The molecule has 0 bridgehead atoms. The van der Waals surface area contributed by atoms with Gasteiger partial charge in [0.1, 0.15) is 0 Å². The molecule has 0 radical (unpaired) electrons. The Morgan fingerprint density at radius 2 is 1.77 bits per heavy atom. The van der Waals surface area contributed by atoms with E-state index < -0.39 is 24.4 Å². The summed E-state index contributed by atoms with van der Waals surface area (Å²) >= 11 is 5.97. The minimum atomic E-state index is -0.686. The van der Waals surface area contributed by atoms with Crippen LogP contribution < -0.4 is 10.2 Å². The van der Waals surface area contributed by atoms with Crippen LogP contribution in [0.5, 0.6) is 0 Å². The molecule has 154 valence electrons. The number of hydrogen-bond acceptors (Lipinski definition) is 6. The number of esters is 1. The van der Waals surface area contributed by atoms with Crippen molar-refractivity contribution in [1.82, 2.24) is 5.32 Å². The summed E-state index contributed by atoms with van der Waals surface area (Å²) in [6.45, 7) is -0.443. The molecule has 0 aromatic heterocycles. The number of ether oxygens (including phenoxy) is 1. The predicted molar refractivity (Wildman–Crippen MR) is 110 cm³/mol. The van der Waals surface area contributed by atoms with E-state index in [1.165, 1.54) is 24.3 Å². The molecule has 1 saturated heterocycles. The summed E-state index contributed by atoms with van der Waals surface area (Å²) in [5, 5.41) is 3.47. The van der Waals surface area contributed by atoms with Crippen molar-refractivity contribution < 1.29 is 23.9 Å². The van der Waals surface area contributed by atoms with Gasteiger partial charge in [0, 0.05) is 11.6 Å². The number of benzene rings is 2. The fraction of sp³-hybridized carbons (Fsp3) is 0.273. The van der Waals surface area contributed by atoms with Gasteiger partial charge in [-0.25, -0.2) is 9.69 Å². The molecule has 2 aliphatic rings. The third-order valence-electron chi connectivity index (χ3n) is 5.03. The number of amides is 2. The molecule has 1 aliphatic carbocycles. The number of Topliss-reactive ketones (excluding diaryl/α,β-unsaturated/α-hetero) is 1. The highest BCUT2D eigenvalue weighted by Crippen LogP contribution is 2.27. The zero-order valence-electron chi connectivity index (χ0n) is 16.0. The summed E-state index contributed by atoms with van der Waals surface area (Å²) in [4.78, 5) is 50.4. The highest BCUT2D eigenvalue weighted by molar-refractivity contribution is 6.34. The van der Waals surface area contributed by atoms with Crippen molar-refractivity contribution in [3.05, 3.63) is 64.7 Å². The van der Waals surface area contributed by atoms with Crippen molar-refractivity contribution in [2.75, 3.05) is 11.5 Å².